The van der Waals surface area contributed by atoms with E-state index in [1.165, 1.54) is 167 Å². The van der Waals surface area contributed by atoms with Gasteiger partial charge in [0.1, 0.15) is 24.4 Å². The third-order valence-electron chi connectivity index (χ3n) is 13.2. The number of aliphatic hydroxyl groups is 5. The second-order valence-electron chi connectivity index (χ2n) is 19.4. The molecule has 9 heteroatoms. The second kappa shape index (κ2) is 46.2. The molecule has 1 aliphatic heterocycles. The summed E-state index contributed by atoms with van der Waals surface area (Å²) in [5, 5.41) is 54.6. The Kier molecular flexibility index (Phi) is 43.6. The van der Waals surface area contributed by atoms with Crippen LogP contribution in [0.5, 0.6) is 0 Å². The SMILES string of the molecule is CCCCCCC/C=C\C/C=C\C/C=C\CCCCCCCCC(=O)NC(COC1OC(CO)C(O)C(O)C1O)C(O)CCCCCCCCCCCCCCCCCCCCCCC. The molecule has 1 amide bonds. The molecule has 0 spiro atoms. The number of unbranched alkanes of at least 4 members (excludes halogenated alkanes) is 31. The quantitative estimate of drug-likeness (QED) is 0.0261. The summed E-state index contributed by atoms with van der Waals surface area (Å²) in [6.07, 6.45) is 51.6. The molecule has 0 aliphatic carbocycles. The van der Waals surface area contributed by atoms with Crippen molar-refractivity contribution in [1.29, 1.82) is 0 Å². The van der Waals surface area contributed by atoms with Crippen LogP contribution in [0.2, 0.25) is 0 Å². The lowest BCUT2D eigenvalue weighted by molar-refractivity contribution is -0.302. The van der Waals surface area contributed by atoms with E-state index in [-0.39, 0.29) is 12.5 Å². The van der Waals surface area contributed by atoms with Crippen LogP contribution in [0.25, 0.3) is 0 Å². The van der Waals surface area contributed by atoms with Gasteiger partial charge in [-0.05, 0) is 51.4 Å². The fraction of sp³-hybridized carbons (Fsp3) is 0.875. The molecule has 0 aromatic heterocycles. The van der Waals surface area contributed by atoms with E-state index in [0.29, 0.717) is 12.8 Å². The van der Waals surface area contributed by atoms with E-state index in [0.717, 1.165) is 64.2 Å². The van der Waals surface area contributed by atoms with Crippen LogP contribution >= 0.6 is 0 Å². The second-order valence-corrected chi connectivity index (χ2v) is 19.4. The summed E-state index contributed by atoms with van der Waals surface area (Å²) in [7, 11) is 0. The summed E-state index contributed by atoms with van der Waals surface area (Å²) < 4.78 is 11.3. The van der Waals surface area contributed by atoms with Crippen molar-refractivity contribution in [3.63, 3.8) is 0 Å². The molecule has 7 atom stereocenters. The van der Waals surface area contributed by atoms with Crippen LogP contribution in [0.1, 0.15) is 258 Å². The summed E-state index contributed by atoms with van der Waals surface area (Å²) in [4.78, 5) is 13.1. The van der Waals surface area contributed by atoms with Crippen molar-refractivity contribution in [3.05, 3.63) is 36.5 Å². The molecule has 7 unspecified atom stereocenters. The van der Waals surface area contributed by atoms with Gasteiger partial charge in [-0.15, -0.1) is 0 Å². The van der Waals surface area contributed by atoms with Gasteiger partial charge < -0.3 is 40.3 Å². The first-order valence-electron chi connectivity index (χ1n) is 27.7. The summed E-state index contributed by atoms with van der Waals surface area (Å²) in [5.41, 5.74) is 0. The predicted octanol–water partition coefficient (Wildman–Crippen LogP) is 13.2. The molecular formula is C56H105NO8. The number of ether oxygens (including phenoxy) is 2. The van der Waals surface area contributed by atoms with Gasteiger partial charge in [0.15, 0.2) is 6.29 Å². The van der Waals surface area contributed by atoms with Gasteiger partial charge in [0.05, 0.1) is 25.4 Å². The van der Waals surface area contributed by atoms with Gasteiger partial charge in [0.2, 0.25) is 5.91 Å². The highest BCUT2D eigenvalue weighted by Crippen LogP contribution is 2.23. The zero-order chi connectivity index (χ0) is 47.3. The maximum atomic E-state index is 13.1. The minimum atomic E-state index is -1.56. The first-order chi connectivity index (χ1) is 31.8. The largest absolute Gasteiger partial charge is 0.394 e. The number of aliphatic hydroxyl groups excluding tert-OH is 5. The Hall–Kier alpha value is -1.59. The smallest absolute Gasteiger partial charge is 0.220 e. The number of nitrogens with one attached hydrogen (secondary N) is 1. The van der Waals surface area contributed by atoms with Crippen molar-refractivity contribution in [1.82, 2.24) is 5.32 Å². The lowest BCUT2D eigenvalue weighted by Gasteiger charge is -2.40. The third-order valence-corrected chi connectivity index (χ3v) is 13.2. The minimum Gasteiger partial charge on any atom is -0.394 e. The molecule has 0 radical (unpaired) electrons. The Balaban J connectivity index is 2.25. The summed E-state index contributed by atoms with van der Waals surface area (Å²) in [5.74, 6) is -0.154. The van der Waals surface area contributed by atoms with Gasteiger partial charge in [-0.2, -0.15) is 0 Å². The van der Waals surface area contributed by atoms with E-state index in [1.54, 1.807) is 0 Å². The van der Waals surface area contributed by atoms with Gasteiger partial charge in [0.25, 0.3) is 0 Å². The highest BCUT2D eigenvalue weighted by molar-refractivity contribution is 5.76. The normalized spacial score (nSPS) is 20.1. The monoisotopic (exact) mass is 920 g/mol. The van der Waals surface area contributed by atoms with Crippen molar-refractivity contribution in [3.8, 4) is 0 Å². The fourth-order valence-electron chi connectivity index (χ4n) is 8.82. The summed E-state index contributed by atoms with van der Waals surface area (Å²) in [6.45, 7) is 3.84. The Morgan fingerprint density at radius 1 is 0.523 bits per heavy atom. The van der Waals surface area contributed by atoms with E-state index >= 15 is 0 Å². The lowest BCUT2D eigenvalue weighted by atomic mass is 9.99. The molecule has 65 heavy (non-hydrogen) atoms. The zero-order valence-corrected chi connectivity index (χ0v) is 42.3. The molecule has 1 aliphatic rings. The Morgan fingerprint density at radius 2 is 0.908 bits per heavy atom. The van der Waals surface area contributed by atoms with Crippen molar-refractivity contribution < 1.29 is 39.8 Å². The number of hydrogen-bond donors (Lipinski definition) is 6. The average molecular weight is 920 g/mol. The molecule has 6 N–H and O–H groups in total. The molecule has 0 saturated carbocycles. The van der Waals surface area contributed by atoms with E-state index in [4.69, 9.17) is 9.47 Å². The molecule has 0 bridgehead atoms. The van der Waals surface area contributed by atoms with Crippen molar-refractivity contribution in [2.75, 3.05) is 13.2 Å². The minimum absolute atomic E-state index is 0.143. The molecule has 1 saturated heterocycles. The molecule has 382 valence electrons. The number of carbonyl (C=O) groups is 1. The Labute approximate surface area is 400 Å². The van der Waals surface area contributed by atoms with Crippen LogP contribution in [0, 0.1) is 0 Å². The lowest BCUT2D eigenvalue weighted by Crippen LogP contribution is -2.60. The van der Waals surface area contributed by atoms with Gasteiger partial charge in [-0.25, -0.2) is 0 Å². The molecular weight excluding hydrogens is 815 g/mol. The van der Waals surface area contributed by atoms with Crippen LogP contribution in [0.3, 0.4) is 0 Å². The molecule has 0 aromatic carbocycles. The number of amides is 1. The molecule has 0 aromatic rings. The van der Waals surface area contributed by atoms with E-state index < -0.39 is 49.5 Å². The third kappa shape index (κ3) is 36.1. The first-order valence-corrected chi connectivity index (χ1v) is 27.7. The van der Waals surface area contributed by atoms with Crippen LogP contribution in [-0.4, -0.2) is 87.5 Å². The Morgan fingerprint density at radius 3 is 1.34 bits per heavy atom. The van der Waals surface area contributed by atoms with Gasteiger partial charge in [-0.3, -0.25) is 4.79 Å². The molecule has 1 fully saturated rings. The van der Waals surface area contributed by atoms with Gasteiger partial charge >= 0.3 is 0 Å². The average Bonchev–Trinajstić information content (AvgIpc) is 3.31. The number of carbonyl (C=O) groups excluding carboxylic acids is 1. The molecule has 9 nitrogen and oxygen atoms in total. The maximum Gasteiger partial charge on any atom is 0.220 e. The summed E-state index contributed by atoms with van der Waals surface area (Å²) >= 11 is 0. The van der Waals surface area contributed by atoms with Crippen molar-refractivity contribution >= 4 is 5.91 Å². The zero-order valence-electron chi connectivity index (χ0n) is 42.3. The predicted molar refractivity (Wildman–Crippen MR) is 272 cm³/mol. The van der Waals surface area contributed by atoms with Crippen molar-refractivity contribution in [2.45, 2.75) is 301 Å². The highest BCUT2D eigenvalue weighted by Gasteiger charge is 2.44. The number of allylic oxidation sites excluding steroid dienone is 6. The topological polar surface area (TPSA) is 149 Å². The Bertz CT molecular complexity index is 1110. The molecule has 1 heterocycles. The van der Waals surface area contributed by atoms with Crippen LogP contribution < -0.4 is 5.32 Å². The van der Waals surface area contributed by atoms with Gasteiger partial charge in [0, 0.05) is 6.42 Å². The summed E-state index contributed by atoms with van der Waals surface area (Å²) in [6, 6.07) is -0.727. The number of hydrogen-bond acceptors (Lipinski definition) is 8. The van der Waals surface area contributed by atoms with Crippen molar-refractivity contribution in [2.24, 2.45) is 0 Å². The number of rotatable bonds is 47. The standard InChI is InChI=1S/C56H105NO8/c1-3-5-7-9-11-13-15-17-19-21-23-25-27-29-31-33-35-37-39-41-43-45-50(59)49(48-64-56-55(63)54(62)53(61)51(47-58)65-56)57-52(60)46-44-42-40-38-36-34-32-30-28-26-24-22-20-18-16-14-12-10-8-6-4-2/h16,18,22,24,28,30,49-51,53-56,58-59,61-63H,3-15,17,19-21,23,25-27,29,31-48H2,1-2H3,(H,57,60)/b18-16-,24-22-,30-28-. The highest BCUT2D eigenvalue weighted by atomic mass is 16.7. The maximum absolute atomic E-state index is 13.1. The van der Waals surface area contributed by atoms with E-state index in [2.05, 4.69) is 55.6 Å². The van der Waals surface area contributed by atoms with E-state index in [1.807, 2.05) is 0 Å². The van der Waals surface area contributed by atoms with Crippen LogP contribution in [0.15, 0.2) is 36.5 Å². The molecule has 1 rings (SSSR count). The van der Waals surface area contributed by atoms with Crippen LogP contribution in [0.4, 0.5) is 0 Å². The fourth-order valence-corrected chi connectivity index (χ4v) is 8.82. The van der Waals surface area contributed by atoms with E-state index in [9.17, 15) is 30.3 Å². The first kappa shape index (κ1) is 61.4. The van der Waals surface area contributed by atoms with Gasteiger partial charge in [-0.1, -0.05) is 237 Å². The van der Waals surface area contributed by atoms with Crippen LogP contribution in [-0.2, 0) is 14.3 Å².